The molecule has 0 aromatic heterocycles. The molecule has 0 fully saturated rings. The van der Waals surface area contributed by atoms with Crippen LogP contribution in [0.1, 0.15) is 84.8 Å². The number of likely N-dealkylation sites (N-methyl/N-ethyl adjacent to an activating group) is 1. The van der Waals surface area contributed by atoms with Gasteiger partial charge in [-0.2, -0.15) is 0 Å². The number of carbonyl (C=O) groups is 8. The molecule has 25 nitrogen and oxygen atoms in total. The van der Waals surface area contributed by atoms with Crippen LogP contribution in [0.5, 0.6) is 46.0 Å². The van der Waals surface area contributed by atoms with Crippen LogP contribution >= 0.6 is 23.2 Å². The molecule has 0 saturated carbocycles. The van der Waals surface area contributed by atoms with Gasteiger partial charge in [0.15, 0.2) is 17.5 Å². The van der Waals surface area contributed by atoms with Crippen LogP contribution in [0.25, 0.3) is 11.1 Å². The highest BCUT2D eigenvalue weighted by Crippen LogP contribution is 2.49. The molecule has 27 heteroatoms. The van der Waals surface area contributed by atoms with Gasteiger partial charge >= 0.3 is 5.97 Å². The highest BCUT2D eigenvalue weighted by atomic mass is 35.5. The lowest BCUT2D eigenvalue weighted by Gasteiger charge is -2.30. The number of aliphatic hydroxyl groups is 2. The van der Waals surface area contributed by atoms with Crippen LogP contribution < -0.4 is 52.4 Å². The average Bonchev–Trinajstić information content (AvgIpc) is 3.40. The molecule has 9 bridgehead atoms. The number of ether oxygens (including phenoxy) is 2. The number of halogens is 2. The Morgan fingerprint density at radius 3 is 1.81 bits per heavy atom. The molecule has 0 aliphatic carbocycles. The molecule has 5 aromatic carbocycles. The van der Waals surface area contributed by atoms with Gasteiger partial charge in [0.2, 0.25) is 47.1 Å². The molecule has 0 spiro atoms. The second-order valence-electron chi connectivity index (χ2n) is 19.3. The number of aliphatic carboxylic acids is 1. The molecule has 0 radical (unpaired) electrons. The Morgan fingerprint density at radius 1 is 0.650 bits per heavy atom. The van der Waals surface area contributed by atoms with Crippen molar-refractivity contribution in [2.45, 2.75) is 81.2 Å². The lowest BCUT2D eigenvalue weighted by molar-refractivity contribution is -0.143. The second-order valence-corrected chi connectivity index (χ2v) is 20.2. The minimum Gasteiger partial charge on any atom is -0.508 e. The number of carboxylic acids is 1. The second kappa shape index (κ2) is 23.2. The third kappa shape index (κ3) is 11.8. The number of primary amides is 1. The molecule has 5 aliphatic heterocycles. The molecule has 10 rings (SSSR count). The maximum Gasteiger partial charge on any atom is 0.330 e. The van der Waals surface area contributed by atoms with Crippen molar-refractivity contribution in [3.05, 3.63) is 117 Å². The maximum atomic E-state index is 15.5. The van der Waals surface area contributed by atoms with E-state index in [1.165, 1.54) is 37.4 Å². The molecular weight excluding hydrogens is 1090 g/mol. The highest BCUT2D eigenvalue weighted by Gasteiger charge is 2.43. The Hall–Kier alpha value is -8.88. The molecule has 5 aliphatic rings. The van der Waals surface area contributed by atoms with Crippen LogP contribution in [0.3, 0.4) is 0 Å². The minimum absolute atomic E-state index is 0.0405. The summed E-state index contributed by atoms with van der Waals surface area (Å²) in [5, 5.41) is 96.8. The molecule has 9 unspecified atom stereocenters. The van der Waals surface area contributed by atoms with Crippen molar-refractivity contribution in [3.63, 3.8) is 0 Å². The van der Waals surface area contributed by atoms with E-state index in [4.69, 9.17) is 38.4 Å². The quantitative estimate of drug-likeness (QED) is 0.106. The standard InChI is InChI=1S/C53H52Cl2N8O17/c1-19(2)11-28(57-3)47(71)62-42-44(68)20-7-9-32(26(54)12-20)79-34-14-22-15-35(46(34)70)80-33-10-8-21(13-27(33)55)45(69)43-52(76)61-41(53(77)78)25-16-23(64)17-31(66)38(25)37-24(5-4-6-30(37)65)40(50(74)63-43)60-49(73)39(22)59-48(72)29(18-36(56)67)58-51(42)75/h4-10,12-17,19,28-29,39-45,57,64-66,68-70H,11,18H2,1-3H3,(H2,56,67)(H,58,75)(H,59,72)(H,60,73)(H,61,76)(H,62,71)(H,63,74)(H,77,78). The monoisotopic (exact) mass is 1140 g/mol. The molecule has 0 saturated heterocycles. The Bertz CT molecular complexity index is 3380. The van der Waals surface area contributed by atoms with Crippen molar-refractivity contribution in [2.24, 2.45) is 11.7 Å². The SMILES string of the molecule is CNC(CC(C)C)C(=O)NC1C(=O)NC(CC(N)=O)C(=O)NC2C(=O)NC3C(=O)NC(C(=O)NC(C(=O)O)c4cc(O)cc(O)c4-c4c(O)cccc43)C(O)c3ccc(c(Cl)c3)Oc3cc2cc(c3O)Oc2ccc(cc2Cl)C1O. The first kappa shape index (κ1) is 57.3. The molecule has 7 amide bonds. The normalized spacial score (nSPS) is 22.4. The third-order valence-electron chi connectivity index (χ3n) is 13.3. The first-order valence-corrected chi connectivity index (χ1v) is 25.2. The van der Waals surface area contributed by atoms with Gasteiger partial charge in [0.05, 0.1) is 22.5 Å². The number of aromatic hydroxyl groups is 4. The number of benzene rings is 5. The number of carboxylic acid groups (broad SMARTS) is 1. The number of phenolic OH excluding ortho intramolecular Hbond substituents is 4. The van der Waals surface area contributed by atoms with E-state index < -0.39 is 165 Å². The van der Waals surface area contributed by atoms with Gasteiger partial charge in [0.25, 0.3) is 0 Å². The number of carbonyl (C=O) groups excluding carboxylic acids is 7. The van der Waals surface area contributed by atoms with Crippen molar-refractivity contribution in [3.8, 4) is 57.1 Å². The Labute approximate surface area is 463 Å². The van der Waals surface area contributed by atoms with E-state index in [2.05, 4.69) is 37.2 Å². The average molecular weight is 1140 g/mol. The zero-order valence-electron chi connectivity index (χ0n) is 42.2. The molecule has 420 valence electrons. The number of amides is 7. The number of hydrogen-bond acceptors (Lipinski definition) is 17. The summed E-state index contributed by atoms with van der Waals surface area (Å²) < 4.78 is 12.2. The first-order chi connectivity index (χ1) is 37.8. The molecule has 5 heterocycles. The van der Waals surface area contributed by atoms with E-state index in [9.17, 15) is 64.5 Å². The number of hydrogen-bond donors (Lipinski definition) is 15. The fourth-order valence-electron chi connectivity index (χ4n) is 9.44. The van der Waals surface area contributed by atoms with Gasteiger partial charge in [-0.3, -0.25) is 33.6 Å². The van der Waals surface area contributed by atoms with Gasteiger partial charge in [-0.15, -0.1) is 0 Å². The van der Waals surface area contributed by atoms with Crippen LogP contribution in [0.2, 0.25) is 10.0 Å². The zero-order chi connectivity index (χ0) is 58.2. The number of nitrogens with one attached hydrogen (secondary N) is 7. The van der Waals surface area contributed by atoms with Gasteiger partial charge < -0.3 is 88.2 Å². The summed E-state index contributed by atoms with van der Waals surface area (Å²) >= 11 is 13.5. The molecule has 9 atom stereocenters. The summed E-state index contributed by atoms with van der Waals surface area (Å²) in [4.78, 5) is 114. The molecule has 16 N–H and O–H groups in total. The lowest BCUT2D eigenvalue weighted by Crippen LogP contribution is -2.59. The largest absolute Gasteiger partial charge is 0.508 e. The van der Waals surface area contributed by atoms with Crippen LogP contribution in [0.15, 0.2) is 78.9 Å². The number of aliphatic hydroxyl groups excluding tert-OH is 2. The van der Waals surface area contributed by atoms with Gasteiger partial charge in [-0.25, -0.2) is 4.79 Å². The van der Waals surface area contributed by atoms with Crippen LogP contribution in [0, 0.1) is 5.92 Å². The van der Waals surface area contributed by atoms with E-state index in [0.29, 0.717) is 0 Å². The van der Waals surface area contributed by atoms with Crippen molar-refractivity contribution in [1.29, 1.82) is 0 Å². The topological polar surface area (TPSA) is 407 Å². The van der Waals surface area contributed by atoms with E-state index in [0.717, 1.165) is 48.5 Å². The Kier molecular flexibility index (Phi) is 16.6. The van der Waals surface area contributed by atoms with Crippen molar-refractivity contribution in [1.82, 2.24) is 37.2 Å². The number of nitrogens with two attached hydrogens (primary N) is 1. The summed E-state index contributed by atoms with van der Waals surface area (Å²) in [5.74, 6) is -15.4. The van der Waals surface area contributed by atoms with Crippen LogP contribution in [-0.4, -0.2) is 114 Å². The summed E-state index contributed by atoms with van der Waals surface area (Å²) in [6, 6.07) is 0.380. The first-order valence-electron chi connectivity index (χ1n) is 24.4. The van der Waals surface area contributed by atoms with E-state index in [-0.39, 0.29) is 50.6 Å². The summed E-state index contributed by atoms with van der Waals surface area (Å²) in [5.41, 5.74) is 2.80. The smallest absolute Gasteiger partial charge is 0.330 e. The summed E-state index contributed by atoms with van der Waals surface area (Å²) in [7, 11) is 1.49. The van der Waals surface area contributed by atoms with Crippen molar-refractivity contribution >= 4 is 70.5 Å². The van der Waals surface area contributed by atoms with Gasteiger partial charge in [-0.1, -0.05) is 61.3 Å². The summed E-state index contributed by atoms with van der Waals surface area (Å²) in [6.07, 6.45) is -4.81. The van der Waals surface area contributed by atoms with Gasteiger partial charge in [0, 0.05) is 22.8 Å². The number of rotatable bonds is 8. The predicted molar refractivity (Wildman–Crippen MR) is 280 cm³/mol. The fourth-order valence-corrected chi connectivity index (χ4v) is 9.90. The predicted octanol–water partition coefficient (Wildman–Crippen LogP) is 2.40. The maximum absolute atomic E-state index is 15.5. The lowest BCUT2D eigenvalue weighted by atomic mass is 9.87. The molecular formula is C53H52Cl2N8O17. The van der Waals surface area contributed by atoms with E-state index in [1.54, 1.807) is 0 Å². The van der Waals surface area contributed by atoms with Gasteiger partial charge in [-0.05, 0) is 90.2 Å². The van der Waals surface area contributed by atoms with E-state index in [1.807, 2.05) is 13.8 Å². The van der Waals surface area contributed by atoms with Gasteiger partial charge in [0.1, 0.15) is 71.2 Å². The minimum atomic E-state index is -2.23. The number of fused-ring (bicyclic) bond motifs is 14. The zero-order valence-corrected chi connectivity index (χ0v) is 43.8. The Morgan fingerprint density at radius 2 is 1.24 bits per heavy atom. The van der Waals surface area contributed by atoms with Crippen LogP contribution in [-0.2, 0) is 38.4 Å². The molecule has 5 aromatic rings. The van der Waals surface area contributed by atoms with E-state index >= 15 is 9.59 Å². The van der Waals surface area contributed by atoms with Crippen molar-refractivity contribution < 1.29 is 83.6 Å². The molecule has 80 heavy (non-hydrogen) atoms. The Balaban J connectivity index is 1.38. The number of phenols is 4. The van der Waals surface area contributed by atoms with Crippen LogP contribution in [0.4, 0.5) is 0 Å². The van der Waals surface area contributed by atoms with Crippen molar-refractivity contribution in [2.75, 3.05) is 7.05 Å². The third-order valence-corrected chi connectivity index (χ3v) is 13.9. The highest BCUT2D eigenvalue weighted by molar-refractivity contribution is 6.32. The summed E-state index contributed by atoms with van der Waals surface area (Å²) in [6.45, 7) is 3.67. The fraction of sp³-hybridized carbons (Fsp3) is 0.283.